The predicted molar refractivity (Wildman–Crippen MR) is 60.9 cm³/mol. The van der Waals surface area contributed by atoms with Crippen LogP contribution in [-0.4, -0.2) is 28.9 Å². The highest BCUT2D eigenvalue weighted by Gasteiger charge is 2.16. The van der Waals surface area contributed by atoms with Crippen LogP contribution in [-0.2, 0) is 6.54 Å². The Morgan fingerprint density at radius 1 is 1.56 bits per heavy atom. The summed E-state index contributed by atoms with van der Waals surface area (Å²) in [7, 11) is 0. The third-order valence-electron chi connectivity index (χ3n) is 2.24. The van der Waals surface area contributed by atoms with Gasteiger partial charge >= 0.3 is 0 Å². The molecule has 0 spiro atoms. The molecule has 0 unspecified atom stereocenters. The largest absolute Gasteiger partial charge is 0.335 e. The molecule has 0 saturated carbocycles. The van der Waals surface area contributed by atoms with Crippen molar-refractivity contribution in [2.75, 3.05) is 13.1 Å². The minimum absolute atomic E-state index is 0.465. The molecule has 0 aliphatic carbocycles. The molecule has 0 aromatic carbocycles. The van der Waals surface area contributed by atoms with Gasteiger partial charge in [-0.2, -0.15) is 0 Å². The van der Waals surface area contributed by atoms with Crippen LogP contribution in [0.1, 0.15) is 5.56 Å². The van der Waals surface area contributed by atoms with Crippen LogP contribution in [0.2, 0.25) is 5.15 Å². The molecule has 1 aliphatic heterocycles. The summed E-state index contributed by atoms with van der Waals surface area (Å²) in [6.45, 7) is 2.06. The number of nitrogens with zero attached hydrogens (tertiary/aromatic N) is 4. The van der Waals surface area contributed by atoms with Crippen LogP contribution < -0.4 is 5.43 Å². The smallest absolute Gasteiger partial charge is 0.217 e. The number of hydrogen-bond acceptors (Lipinski definition) is 5. The lowest BCUT2D eigenvalue weighted by Crippen LogP contribution is -2.35. The molecular formula is C9H10ClN5O. The second kappa shape index (κ2) is 4.89. The van der Waals surface area contributed by atoms with Gasteiger partial charge in [0, 0.05) is 19.3 Å². The first-order valence-electron chi connectivity index (χ1n) is 4.78. The van der Waals surface area contributed by atoms with Gasteiger partial charge in [-0.15, -0.1) is 4.91 Å². The van der Waals surface area contributed by atoms with Gasteiger partial charge in [0.1, 0.15) is 5.15 Å². The summed E-state index contributed by atoms with van der Waals surface area (Å²) < 4.78 is 0. The van der Waals surface area contributed by atoms with Gasteiger partial charge in [-0.3, -0.25) is 0 Å². The Morgan fingerprint density at radius 2 is 2.44 bits per heavy atom. The van der Waals surface area contributed by atoms with Gasteiger partial charge in [-0.25, -0.2) is 15.4 Å². The van der Waals surface area contributed by atoms with Crippen molar-refractivity contribution < 1.29 is 0 Å². The standard InChI is InChI=1S/C9H10ClN5O/c10-8-2-1-7(5-12-8)6-15-4-3-11-9(15)13-14-16/h1-2,5H,3-4,6H2,(H,11,13,16). The fraction of sp³-hybridized carbons (Fsp3) is 0.333. The number of halogens is 1. The number of aliphatic imine (C=N–C) groups is 1. The third-order valence-corrected chi connectivity index (χ3v) is 2.46. The van der Waals surface area contributed by atoms with E-state index in [0.29, 0.717) is 24.2 Å². The van der Waals surface area contributed by atoms with E-state index >= 15 is 0 Å². The van der Waals surface area contributed by atoms with E-state index in [1.807, 2.05) is 11.0 Å². The quantitative estimate of drug-likeness (QED) is 0.489. The lowest BCUT2D eigenvalue weighted by atomic mass is 10.3. The van der Waals surface area contributed by atoms with E-state index in [0.717, 1.165) is 12.1 Å². The molecule has 0 amide bonds. The van der Waals surface area contributed by atoms with Crippen LogP contribution >= 0.6 is 11.6 Å². The average Bonchev–Trinajstić information content (AvgIpc) is 2.70. The fourth-order valence-electron chi connectivity index (χ4n) is 1.50. The molecule has 0 radical (unpaired) electrons. The molecule has 1 aliphatic rings. The van der Waals surface area contributed by atoms with Crippen molar-refractivity contribution in [2.24, 2.45) is 10.3 Å². The topological polar surface area (TPSA) is 70.0 Å². The monoisotopic (exact) mass is 239 g/mol. The van der Waals surface area contributed by atoms with Crippen molar-refractivity contribution >= 4 is 17.6 Å². The van der Waals surface area contributed by atoms with Crippen molar-refractivity contribution in [2.45, 2.75) is 6.54 Å². The Balaban J connectivity index is 2.02. The second-order valence-electron chi connectivity index (χ2n) is 3.32. The van der Waals surface area contributed by atoms with Crippen LogP contribution in [0.5, 0.6) is 0 Å². The van der Waals surface area contributed by atoms with E-state index in [1.165, 1.54) is 0 Å². The first kappa shape index (κ1) is 10.8. The molecule has 0 saturated heterocycles. The minimum atomic E-state index is 0.465. The summed E-state index contributed by atoms with van der Waals surface area (Å²) in [5.41, 5.74) is 3.33. The first-order valence-corrected chi connectivity index (χ1v) is 5.15. The molecular weight excluding hydrogens is 230 g/mol. The van der Waals surface area contributed by atoms with E-state index in [2.05, 4.69) is 20.7 Å². The van der Waals surface area contributed by atoms with Crippen molar-refractivity contribution in [3.05, 3.63) is 34.0 Å². The van der Waals surface area contributed by atoms with Crippen LogP contribution in [0, 0.1) is 4.91 Å². The van der Waals surface area contributed by atoms with E-state index in [4.69, 9.17) is 11.6 Å². The van der Waals surface area contributed by atoms with Crippen molar-refractivity contribution in [1.29, 1.82) is 0 Å². The zero-order valence-electron chi connectivity index (χ0n) is 8.43. The molecule has 2 heterocycles. The van der Waals surface area contributed by atoms with E-state index < -0.39 is 0 Å². The molecule has 1 N–H and O–H groups in total. The maximum Gasteiger partial charge on any atom is 0.217 e. The number of hydrogen-bond donors (Lipinski definition) is 1. The number of nitrogens with one attached hydrogen (secondary N) is 1. The maximum absolute atomic E-state index is 10.1. The number of guanidine groups is 1. The maximum atomic E-state index is 10.1. The van der Waals surface area contributed by atoms with Gasteiger partial charge in [-0.1, -0.05) is 17.7 Å². The number of nitroso groups, excluding NO2 is 1. The van der Waals surface area contributed by atoms with Crippen LogP contribution in [0.4, 0.5) is 0 Å². The van der Waals surface area contributed by atoms with Gasteiger partial charge in [-0.05, 0) is 11.6 Å². The van der Waals surface area contributed by atoms with Gasteiger partial charge in [0.2, 0.25) is 5.96 Å². The highest BCUT2D eigenvalue weighted by Crippen LogP contribution is 2.10. The van der Waals surface area contributed by atoms with Crippen molar-refractivity contribution in [3.63, 3.8) is 0 Å². The Kier molecular flexibility index (Phi) is 3.31. The Bertz CT molecular complexity index is 405. The van der Waals surface area contributed by atoms with Crippen LogP contribution in [0.15, 0.2) is 28.6 Å². The highest BCUT2D eigenvalue weighted by molar-refractivity contribution is 6.29. The molecule has 0 bridgehead atoms. The Labute approximate surface area is 97.3 Å². The zero-order chi connectivity index (χ0) is 11.4. The molecule has 0 atom stereocenters. The lowest BCUT2D eigenvalue weighted by molar-refractivity contribution is 0.437. The van der Waals surface area contributed by atoms with Crippen molar-refractivity contribution in [1.82, 2.24) is 15.3 Å². The van der Waals surface area contributed by atoms with Crippen LogP contribution in [0.25, 0.3) is 0 Å². The van der Waals surface area contributed by atoms with Gasteiger partial charge < -0.3 is 4.90 Å². The summed E-state index contributed by atoms with van der Waals surface area (Å²) in [5, 5.41) is 3.08. The van der Waals surface area contributed by atoms with Gasteiger partial charge in [0.25, 0.3) is 0 Å². The molecule has 1 aromatic heterocycles. The highest BCUT2D eigenvalue weighted by atomic mass is 35.5. The molecule has 2 rings (SSSR count). The summed E-state index contributed by atoms with van der Waals surface area (Å²) >= 11 is 5.69. The zero-order valence-corrected chi connectivity index (χ0v) is 9.18. The Morgan fingerprint density at radius 3 is 3.12 bits per heavy atom. The van der Waals surface area contributed by atoms with E-state index in [-0.39, 0.29) is 0 Å². The number of rotatable bonds is 3. The van der Waals surface area contributed by atoms with Gasteiger partial charge in [0.15, 0.2) is 0 Å². The Hall–Kier alpha value is -1.69. The lowest BCUT2D eigenvalue weighted by Gasteiger charge is -2.18. The van der Waals surface area contributed by atoms with E-state index in [1.54, 1.807) is 12.3 Å². The molecule has 16 heavy (non-hydrogen) atoms. The summed E-state index contributed by atoms with van der Waals surface area (Å²) in [5.74, 6) is 0.505. The van der Waals surface area contributed by atoms with E-state index in [9.17, 15) is 4.91 Å². The van der Waals surface area contributed by atoms with Crippen LogP contribution in [0.3, 0.4) is 0 Å². The number of aromatic nitrogens is 1. The predicted octanol–water partition coefficient (Wildman–Crippen LogP) is 1.18. The van der Waals surface area contributed by atoms with Crippen molar-refractivity contribution in [3.8, 4) is 0 Å². The molecule has 7 heteroatoms. The second-order valence-corrected chi connectivity index (χ2v) is 3.71. The fourth-order valence-corrected chi connectivity index (χ4v) is 1.62. The molecule has 84 valence electrons. The van der Waals surface area contributed by atoms with Gasteiger partial charge in [0.05, 0.1) is 11.8 Å². The molecule has 1 aromatic rings. The third kappa shape index (κ3) is 2.46. The average molecular weight is 240 g/mol. The molecule has 6 nitrogen and oxygen atoms in total. The summed E-state index contributed by atoms with van der Waals surface area (Å²) in [6.07, 6.45) is 1.70. The normalized spacial score (nSPS) is 14.8. The minimum Gasteiger partial charge on any atom is -0.335 e. The summed E-state index contributed by atoms with van der Waals surface area (Å²) in [4.78, 5) is 20.1. The first-order chi connectivity index (χ1) is 7.79. The number of pyridine rings is 1. The SMILES string of the molecule is O=NNC1=NCCN1Cc1ccc(Cl)nc1. The molecule has 0 fully saturated rings. The summed E-state index contributed by atoms with van der Waals surface area (Å²) in [6, 6.07) is 3.62.